The number of hydrogen-bond donors (Lipinski definition) is 1. The van der Waals surface area contributed by atoms with Crippen LogP contribution in [-0.4, -0.2) is 42.6 Å². The maximum atomic E-state index is 12.7. The van der Waals surface area contributed by atoms with Crippen LogP contribution in [0.2, 0.25) is 0 Å². The zero-order chi connectivity index (χ0) is 11.5. The molecule has 2 atom stereocenters. The summed E-state index contributed by atoms with van der Waals surface area (Å²) in [6.45, 7) is 3.06. The molecular weight excluding hydrogens is 224 g/mol. The number of carbonyl (C=O) groups is 1. The van der Waals surface area contributed by atoms with E-state index in [1.165, 1.54) is 0 Å². The number of esters is 1. The first-order valence-corrected chi connectivity index (χ1v) is 6.07. The third-order valence-electron chi connectivity index (χ3n) is 2.26. The maximum Gasteiger partial charge on any atom is 0.377 e. The topological polar surface area (TPSA) is 38.3 Å². The summed E-state index contributed by atoms with van der Waals surface area (Å²) in [5.41, 5.74) is 0. The van der Waals surface area contributed by atoms with Crippen molar-refractivity contribution in [3.63, 3.8) is 0 Å². The van der Waals surface area contributed by atoms with E-state index in [1.54, 1.807) is 11.8 Å². The number of rotatable bonds is 5. The molecule has 0 radical (unpaired) electrons. The van der Waals surface area contributed by atoms with E-state index in [4.69, 9.17) is 0 Å². The number of halogens is 2. The van der Waals surface area contributed by atoms with Gasteiger partial charge in [0.1, 0.15) is 6.10 Å². The second-order valence-corrected chi connectivity index (χ2v) is 4.92. The molecule has 0 amide bonds. The molecule has 1 aliphatic rings. The van der Waals surface area contributed by atoms with Crippen molar-refractivity contribution < 1.29 is 18.3 Å². The fourth-order valence-corrected chi connectivity index (χ4v) is 1.58. The molecule has 0 aromatic rings. The fourth-order valence-electron chi connectivity index (χ4n) is 1.29. The first-order valence-electron chi connectivity index (χ1n) is 4.78. The van der Waals surface area contributed by atoms with Crippen LogP contribution in [-0.2, 0) is 9.53 Å². The smallest absolute Gasteiger partial charge is 0.377 e. The number of carbonyl (C=O) groups excluding carboxylic acids is 1. The predicted octanol–water partition coefficient (Wildman–Crippen LogP) is 1.28. The van der Waals surface area contributed by atoms with Crippen LogP contribution in [0, 0.1) is 0 Å². The Hall–Kier alpha value is -0.360. The van der Waals surface area contributed by atoms with Crippen molar-refractivity contribution >= 4 is 17.7 Å². The van der Waals surface area contributed by atoms with Gasteiger partial charge in [-0.2, -0.15) is 20.5 Å². The Bertz CT molecular complexity index is 238. The van der Waals surface area contributed by atoms with E-state index in [-0.39, 0.29) is 0 Å². The Morgan fingerprint density at radius 2 is 2.40 bits per heavy atom. The molecule has 1 heterocycles. The summed E-state index contributed by atoms with van der Waals surface area (Å²) >= 11 is 1.69. The van der Waals surface area contributed by atoms with Gasteiger partial charge in [0.05, 0.1) is 6.42 Å². The van der Waals surface area contributed by atoms with Crippen molar-refractivity contribution in [1.82, 2.24) is 5.32 Å². The minimum absolute atomic E-state index is 0.298. The van der Waals surface area contributed by atoms with E-state index >= 15 is 0 Å². The van der Waals surface area contributed by atoms with Crippen LogP contribution in [0.15, 0.2) is 0 Å². The van der Waals surface area contributed by atoms with E-state index in [9.17, 15) is 13.6 Å². The first kappa shape index (κ1) is 12.7. The van der Waals surface area contributed by atoms with Gasteiger partial charge in [-0.25, -0.2) is 4.79 Å². The van der Waals surface area contributed by atoms with Gasteiger partial charge in [-0.05, 0) is 6.26 Å². The Morgan fingerprint density at radius 1 is 1.73 bits per heavy atom. The Kier molecular flexibility index (Phi) is 4.33. The maximum absolute atomic E-state index is 12.7. The largest absolute Gasteiger partial charge is 0.456 e. The summed E-state index contributed by atoms with van der Waals surface area (Å²) < 4.78 is 30.0. The number of nitrogens with one attached hydrogen (secondary N) is 1. The van der Waals surface area contributed by atoms with Gasteiger partial charge in [0.2, 0.25) is 0 Å². The molecule has 6 heteroatoms. The summed E-state index contributed by atoms with van der Waals surface area (Å²) in [5, 5.41) is 3.42. The highest BCUT2D eigenvalue weighted by Gasteiger charge is 2.50. The molecule has 1 N–H and O–H groups in total. The van der Waals surface area contributed by atoms with Crippen molar-refractivity contribution in [3.8, 4) is 0 Å². The lowest BCUT2D eigenvalue weighted by Gasteiger charge is -2.12. The fraction of sp³-hybridized carbons (Fsp3) is 0.889. The molecule has 1 rings (SSSR count). The summed E-state index contributed by atoms with van der Waals surface area (Å²) in [4.78, 5) is 10.7. The molecule has 1 fully saturated rings. The van der Waals surface area contributed by atoms with Crippen LogP contribution in [0.3, 0.4) is 0 Å². The molecule has 1 saturated heterocycles. The molecule has 0 aliphatic carbocycles. The van der Waals surface area contributed by atoms with E-state index in [0.717, 1.165) is 6.54 Å². The molecule has 0 aromatic heterocycles. The van der Waals surface area contributed by atoms with Crippen LogP contribution in [0.4, 0.5) is 8.78 Å². The molecule has 0 saturated carbocycles. The number of cyclic esters (lactones) is 1. The van der Waals surface area contributed by atoms with Gasteiger partial charge in [-0.3, -0.25) is 0 Å². The van der Waals surface area contributed by atoms with Crippen LogP contribution in [0.25, 0.3) is 0 Å². The molecule has 0 spiro atoms. The molecule has 1 aliphatic heterocycles. The van der Waals surface area contributed by atoms with Crippen molar-refractivity contribution in [1.29, 1.82) is 0 Å². The summed E-state index contributed by atoms with van der Waals surface area (Å²) in [7, 11) is 0. The first-order chi connectivity index (χ1) is 6.95. The van der Waals surface area contributed by atoms with Gasteiger partial charge >= 0.3 is 11.9 Å². The van der Waals surface area contributed by atoms with Crippen LogP contribution in [0.5, 0.6) is 0 Å². The van der Waals surface area contributed by atoms with E-state index < -0.39 is 24.4 Å². The quantitative estimate of drug-likeness (QED) is 0.733. The molecule has 15 heavy (non-hydrogen) atoms. The van der Waals surface area contributed by atoms with Crippen LogP contribution < -0.4 is 5.32 Å². The zero-order valence-corrected chi connectivity index (χ0v) is 9.57. The van der Waals surface area contributed by atoms with Gasteiger partial charge < -0.3 is 10.1 Å². The van der Waals surface area contributed by atoms with Crippen molar-refractivity contribution in [2.24, 2.45) is 0 Å². The molecule has 88 valence electrons. The average Bonchev–Trinajstić information content (AvgIpc) is 2.40. The number of thioether (sulfide) groups is 1. The normalized spacial score (nSPS) is 26.4. The lowest BCUT2D eigenvalue weighted by Crippen LogP contribution is -2.31. The second-order valence-electron chi connectivity index (χ2n) is 3.64. The van der Waals surface area contributed by atoms with Gasteiger partial charge in [-0.15, -0.1) is 0 Å². The standard InChI is InChI=1S/C9H15F2NO2S/c1-6(15-2)4-12-5-7-3-9(10,11)8(13)14-7/h6-7,12H,3-5H2,1-2H3. The molecule has 0 bridgehead atoms. The monoisotopic (exact) mass is 239 g/mol. The predicted molar refractivity (Wildman–Crippen MR) is 55.3 cm³/mol. The van der Waals surface area contributed by atoms with Gasteiger partial charge in [0.25, 0.3) is 0 Å². The van der Waals surface area contributed by atoms with Crippen molar-refractivity contribution in [3.05, 3.63) is 0 Å². The third kappa shape index (κ3) is 3.61. The SMILES string of the molecule is CSC(C)CNCC1CC(F)(F)C(=O)O1. The number of ether oxygens (including phenoxy) is 1. The molecule has 0 aromatic carbocycles. The minimum atomic E-state index is -3.29. The molecule has 3 nitrogen and oxygen atoms in total. The molecule has 2 unspecified atom stereocenters. The third-order valence-corrected chi connectivity index (χ3v) is 3.23. The van der Waals surface area contributed by atoms with Crippen LogP contribution >= 0.6 is 11.8 Å². The van der Waals surface area contributed by atoms with Gasteiger partial charge in [-0.1, -0.05) is 6.92 Å². The highest BCUT2D eigenvalue weighted by atomic mass is 32.2. The highest BCUT2D eigenvalue weighted by molar-refractivity contribution is 7.99. The van der Waals surface area contributed by atoms with Crippen LogP contribution in [0.1, 0.15) is 13.3 Å². The van der Waals surface area contributed by atoms with E-state index in [1.807, 2.05) is 13.2 Å². The van der Waals surface area contributed by atoms with Crippen molar-refractivity contribution in [2.45, 2.75) is 30.6 Å². The Balaban J connectivity index is 2.22. The zero-order valence-electron chi connectivity index (χ0n) is 8.76. The number of hydrogen-bond acceptors (Lipinski definition) is 4. The summed E-state index contributed by atoms with van der Waals surface area (Å²) in [6, 6.07) is 0. The van der Waals surface area contributed by atoms with Gasteiger partial charge in [0.15, 0.2) is 0 Å². The van der Waals surface area contributed by atoms with E-state index in [0.29, 0.717) is 11.8 Å². The average molecular weight is 239 g/mol. The lowest BCUT2D eigenvalue weighted by atomic mass is 10.2. The van der Waals surface area contributed by atoms with Gasteiger partial charge in [0, 0.05) is 18.3 Å². The minimum Gasteiger partial charge on any atom is -0.456 e. The van der Waals surface area contributed by atoms with Crippen molar-refractivity contribution in [2.75, 3.05) is 19.3 Å². The van der Waals surface area contributed by atoms with E-state index in [2.05, 4.69) is 10.1 Å². The lowest BCUT2D eigenvalue weighted by molar-refractivity contribution is -0.158. The molecular formula is C9H15F2NO2S. The Labute approximate surface area is 91.9 Å². The summed E-state index contributed by atoms with van der Waals surface area (Å²) in [5.74, 6) is -4.69. The number of alkyl halides is 2. The highest BCUT2D eigenvalue weighted by Crippen LogP contribution is 2.30. The summed E-state index contributed by atoms with van der Waals surface area (Å²) in [6.07, 6.45) is 0.782. The second kappa shape index (κ2) is 5.12. The Morgan fingerprint density at radius 3 is 2.87 bits per heavy atom.